The first-order valence-electron chi connectivity index (χ1n) is 14.4. The number of fused-ring (bicyclic) bond motifs is 2. The normalized spacial score (nSPS) is 26.3. The van der Waals surface area contributed by atoms with Crippen LogP contribution in [0.25, 0.3) is 22.3 Å². The van der Waals surface area contributed by atoms with Gasteiger partial charge in [0.2, 0.25) is 11.9 Å². The summed E-state index contributed by atoms with van der Waals surface area (Å²) in [6.45, 7) is 2.85. The van der Waals surface area contributed by atoms with Gasteiger partial charge >= 0.3 is 17.9 Å². The lowest BCUT2D eigenvalue weighted by molar-refractivity contribution is -0.166. The summed E-state index contributed by atoms with van der Waals surface area (Å²) in [5.74, 6) is -2.14. The molecule has 0 aliphatic carbocycles. The van der Waals surface area contributed by atoms with Gasteiger partial charge in [-0.1, -0.05) is 0 Å². The second kappa shape index (κ2) is 13.9. The monoisotopic (exact) mass is 692 g/mol. The number of nitrogens with two attached hydrogens (primary N) is 2. The number of aliphatic hydroxyl groups is 3. The lowest BCUT2D eigenvalue weighted by Gasteiger charge is -2.23. The third kappa shape index (κ3) is 7.05. The highest BCUT2D eigenvalue weighted by atomic mass is 16.7. The predicted molar refractivity (Wildman–Crippen MR) is 160 cm³/mol. The number of nitrogens with one attached hydrogen (secondary N) is 2. The third-order valence-electron chi connectivity index (χ3n) is 7.31. The van der Waals surface area contributed by atoms with Gasteiger partial charge in [-0.05, 0) is 0 Å². The number of rotatable bonds is 7. The van der Waals surface area contributed by atoms with Gasteiger partial charge in [-0.25, -0.2) is 9.97 Å². The Morgan fingerprint density at radius 2 is 1.29 bits per heavy atom. The summed E-state index contributed by atoms with van der Waals surface area (Å²) >= 11 is 0. The number of aromatic nitrogens is 8. The van der Waals surface area contributed by atoms with Crippen LogP contribution in [0.15, 0.2) is 22.2 Å². The Labute approximate surface area is 272 Å². The van der Waals surface area contributed by atoms with E-state index in [9.17, 15) is 34.2 Å². The molecule has 4 aromatic rings. The van der Waals surface area contributed by atoms with Crippen molar-refractivity contribution in [2.75, 3.05) is 24.7 Å². The molecule has 0 spiro atoms. The fourth-order valence-electron chi connectivity index (χ4n) is 5.29. The highest BCUT2D eigenvalue weighted by Gasteiger charge is 2.51. The van der Waals surface area contributed by atoms with Crippen molar-refractivity contribution >= 4 is 52.1 Å². The van der Waals surface area contributed by atoms with E-state index in [1.54, 1.807) is 0 Å². The summed E-state index contributed by atoms with van der Waals surface area (Å²) in [4.78, 5) is 78.6. The molecule has 0 amide bonds. The van der Waals surface area contributed by atoms with Crippen molar-refractivity contribution in [3.8, 4) is 0 Å². The average Bonchev–Trinajstić information content (AvgIpc) is 3.77. The number of esters is 3. The number of hydrogen-bond donors (Lipinski definition) is 7. The number of aromatic amines is 2. The van der Waals surface area contributed by atoms with Crippen LogP contribution < -0.4 is 22.6 Å². The van der Waals surface area contributed by atoms with E-state index >= 15 is 0 Å². The Bertz CT molecular complexity index is 1990. The molecule has 8 atom stereocenters. The molecule has 0 aromatic carbocycles. The Morgan fingerprint density at radius 3 is 1.76 bits per heavy atom. The first-order chi connectivity index (χ1) is 23.2. The summed E-state index contributed by atoms with van der Waals surface area (Å²) in [7, 11) is 0. The molecule has 4 aromatic heterocycles. The van der Waals surface area contributed by atoms with Crippen LogP contribution in [0.5, 0.6) is 0 Å². The molecule has 0 saturated carbocycles. The van der Waals surface area contributed by atoms with Gasteiger partial charge in [0.15, 0.2) is 47.0 Å². The highest BCUT2D eigenvalue weighted by Crippen LogP contribution is 2.36. The van der Waals surface area contributed by atoms with Crippen molar-refractivity contribution in [3.05, 3.63) is 33.4 Å². The molecular weight excluding hydrogens is 660 g/mol. The van der Waals surface area contributed by atoms with Gasteiger partial charge in [-0.2, -0.15) is 9.97 Å². The van der Waals surface area contributed by atoms with E-state index in [4.69, 9.17) is 40.3 Å². The van der Waals surface area contributed by atoms with Crippen molar-refractivity contribution in [2.45, 2.75) is 69.9 Å². The largest absolute Gasteiger partial charge is 0.463 e. The molecule has 6 heterocycles. The molecule has 23 nitrogen and oxygen atoms in total. The van der Waals surface area contributed by atoms with E-state index in [1.807, 2.05) is 0 Å². The number of H-pyrrole nitrogens is 2. The zero-order valence-electron chi connectivity index (χ0n) is 25.9. The first-order valence-corrected chi connectivity index (χ1v) is 14.4. The minimum absolute atomic E-state index is 0.0168. The van der Waals surface area contributed by atoms with Gasteiger partial charge in [0, 0.05) is 20.8 Å². The summed E-state index contributed by atoms with van der Waals surface area (Å²) < 4.78 is 29.4. The zero-order chi connectivity index (χ0) is 35.7. The molecule has 2 aliphatic heterocycles. The minimum atomic E-state index is -1.29. The Hall–Kier alpha value is -5.49. The van der Waals surface area contributed by atoms with Crippen LogP contribution in [0.2, 0.25) is 0 Å². The van der Waals surface area contributed by atoms with Gasteiger partial charge in [-0.3, -0.25) is 43.1 Å². The Morgan fingerprint density at radius 1 is 0.796 bits per heavy atom. The lowest BCUT2D eigenvalue weighted by Crippen LogP contribution is -2.40. The maximum Gasteiger partial charge on any atom is 0.303 e. The van der Waals surface area contributed by atoms with Gasteiger partial charge in [-0.15, -0.1) is 0 Å². The number of nitrogen functional groups attached to an aromatic ring is 2. The molecule has 0 radical (unpaired) electrons. The van der Waals surface area contributed by atoms with Crippen molar-refractivity contribution in [3.63, 3.8) is 0 Å². The first kappa shape index (κ1) is 34.8. The number of aliphatic hydroxyl groups excluding tert-OH is 3. The van der Waals surface area contributed by atoms with E-state index in [0.29, 0.717) is 0 Å². The second-order valence-corrected chi connectivity index (χ2v) is 10.8. The number of carbonyl (C=O) groups is 3. The second-order valence-electron chi connectivity index (χ2n) is 10.8. The minimum Gasteiger partial charge on any atom is -0.463 e. The Balaban J connectivity index is 0.000000204. The van der Waals surface area contributed by atoms with E-state index in [0.717, 1.165) is 0 Å². The average molecular weight is 693 g/mol. The number of ether oxygens (including phenoxy) is 5. The van der Waals surface area contributed by atoms with Crippen molar-refractivity contribution in [1.29, 1.82) is 0 Å². The molecule has 0 bridgehead atoms. The molecule has 0 unspecified atom stereocenters. The van der Waals surface area contributed by atoms with Crippen molar-refractivity contribution in [1.82, 2.24) is 39.0 Å². The molecule has 9 N–H and O–H groups in total. The van der Waals surface area contributed by atoms with Crippen molar-refractivity contribution in [2.24, 2.45) is 0 Å². The zero-order valence-corrected chi connectivity index (χ0v) is 25.9. The standard InChI is InChI=1S/C16H19N5O8.C10H13N5O5/c1-6(22)26-4-9-11(27-7(2)23)12(28-8(3)24)15(29-9)21-5-18-10-13(21)19-16(17)20-14(10)25;11-10-13-7-4(8(19)14-10)12-2-15(7)9-6(18)5(17)3(1-16)20-9/h5,9,11-12,15H,4H2,1-3H3,(H3,17,19,20,25);2-3,5-6,9,16-18H,1H2,(H3,11,13,14,19)/t9-,11-,12-,15-;3-,5-,6-,9-/m11/s1. The van der Waals surface area contributed by atoms with Gasteiger partial charge < -0.3 is 50.5 Å². The van der Waals surface area contributed by atoms with Crippen LogP contribution in [0.3, 0.4) is 0 Å². The van der Waals surface area contributed by atoms with Crippen LogP contribution in [0.1, 0.15) is 33.2 Å². The maximum atomic E-state index is 12.0. The molecule has 2 saturated heterocycles. The molecule has 6 rings (SSSR count). The van der Waals surface area contributed by atoms with Gasteiger partial charge in [0.25, 0.3) is 11.1 Å². The van der Waals surface area contributed by atoms with Gasteiger partial charge in [0.1, 0.15) is 31.0 Å². The molecule has 264 valence electrons. The quantitative estimate of drug-likeness (QED) is 0.0724. The molecule has 2 aliphatic rings. The SMILES string of the molecule is CC(=O)OC[C@H]1O[C@@H](n2cnc3c(=O)[nH]c(N)nc32)[C@H](OC(C)=O)[C@@H]1OC(C)=O.Nc1nc2c(ncn2[C@@H]2O[C@H](CO)[C@@H](O)[C@H]2O)c(=O)[nH]1. The van der Waals surface area contributed by atoms with Crippen molar-refractivity contribution < 1.29 is 53.4 Å². The molecule has 2 fully saturated rings. The fraction of sp³-hybridized carbons (Fsp3) is 0.500. The van der Waals surface area contributed by atoms with Crippen LogP contribution in [-0.4, -0.2) is 122 Å². The maximum absolute atomic E-state index is 12.0. The third-order valence-corrected chi connectivity index (χ3v) is 7.31. The van der Waals surface area contributed by atoms with Crippen LogP contribution in [0, 0.1) is 0 Å². The molecular formula is C26H32N10O13. The number of hydrogen-bond acceptors (Lipinski definition) is 19. The van der Waals surface area contributed by atoms with Gasteiger partial charge in [0.05, 0.1) is 19.3 Å². The summed E-state index contributed by atoms with van der Waals surface area (Å²) in [6, 6.07) is 0. The molecule has 49 heavy (non-hydrogen) atoms. The molecule has 23 heteroatoms. The fourth-order valence-corrected chi connectivity index (χ4v) is 5.29. The van der Waals surface area contributed by atoms with E-state index in [2.05, 4.69) is 29.9 Å². The number of nitrogens with zero attached hydrogens (tertiary/aromatic N) is 6. The smallest absolute Gasteiger partial charge is 0.303 e. The van der Waals surface area contributed by atoms with E-state index in [1.165, 1.54) is 42.6 Å². The predicted octanol–water partition coefficient (Wildman–Crippen LogP) is -3.66. The summed E-state index contributed by atoms with van der Waals surface area (Å²) in [6.07, 6.45) is -6.20. The van der Waals surface area contributed by atoms with E-state index in [-0.39, 0.29) is 40.8 Å². The van der Waals surface area contributed by atoms with Crippen LogP contribution >= 0.6 is 0 Å². The number of anilines is 2. The topological polar surface area (TPSA) is 337 Å². The number of carbonyl (C=O) groups excluding carboxylic acids is 3. The number of imidazole rings is 2. The lowest BCUT2D eigenvalue weighted by atomic mass is 10.1. The van der Waals surface area contributed by atoms with E-state index < -0.39 is 84.7 Å². The van der Waals surface area contributed by atoms with Crippen LogP contribution in [-0.2, 0) is 38.1 Å². The summed E-state index contributed by atoms with van der Waals surface area (Å²) in [5, 5.41) is 28.7. The van der Waals surface area contributed by atoms with Crippen LogP contribution in [0.4, 0.5) is 11.9 Å². The highest BCUT2D eigenvalue weighted by molar-refractivity contribution is 5.72. The summed E-state index contributed by atoms with van der Waals surface area (Å²) in [5.41, 5.74) is 10.2. The Kier molecular flexibility index (Phi) is 9.90.